The van der Waals surface area contributed by atoms with E-state index in [2.05, 4.69) is 10.6 Å². The van der Waals surface area contributed by atoms with Gasteiger partial charge in [-0.2, -0.15) is 0 Å². The summed E-state index contributed by atoms with van der Waals surface area (Å²) in [5, 5.41) is 5.47. The van der Waals surface area contributed by atoms with Crippen molar-refractivity contribution in [2.75, 3.05) is 13.2 Å². The molecule has 8 heteroatoms. The van der Waals surface area contributed by atoms with Gasteiger partial charge in [0.1, 0.15) is 6.61 Å². The number of rotatable bonds is 6. The van der Waals surface area contributed by atoms with Crippen LogP contribution in [0.1, 0.15) is 18.0 Å². The molecule has 3 amide bonds. The molecule has 0 aliphatic carbocycles. The molecule has 2 rings (SSSR count). The van der Waals surface area contributed by atoms with E-state index in [0.717, 1.165) is 5.56 Å². The largest absolute Gasteiger partial charge is 0.370 e. The minimum Gasteiger partial charge on any atom is -0.370 e. The molecule has 1 aliphatic heterocycles. The molecule has 6 N–H and O–H groups in total. The molecule has 1 aromatic rings. The van der Waals surface area contributed by atoms with E-state index < -0.39 is 24.0 Å². The van der Waals surface area contributed by atoms with Crippen LogP contribution in [0.2, 0.25) is 0 Å². The number of hydrogen-bond acceptors (Lipinski definition) is 5. The Balaban J connectivity index is 1.98. The Bertz CT molecular complexity index is 578. The summed E-state index contributed by atoms with van der Waals surface area (Å²) in [6.45, 7) is 0.0857. The van der Waals surface area contributed by atoms with Crippen LogP contribution >= 0.6 is 0 Å². The van der Waals surface area contributed by atoms with Crippen LogP contribution in [0.4, 0.5) is 0 Å². The van der Waals surface area contributed by atoms with Gasteiger partial charge in [0.05, 0.1) is 24.6 Å². The number of amides is 3. The van der Waals surface area contributed by atoms with Gasteiger partial charge in [-0.05, 0) is 5.56 Å². The van der Waals surface area contributed by atoms with Gasteiger partial charge in [0.15, 0.2) is 0 Å². The van der Waals surface area contributed by atoms with Crippen LogP contribution in [0.5, 0.6) is 0 Å². The number of carbonyl (C=O) groups is 3. The predicted molar refractivity (Wildman–Crippen MR) is 81.9 cm³/mol. The molecular formula is C15H20N4O4. The first kappa shape index (κ1) is 16.9. The summed E-state index contributed by atoms with van der Waals surface area (Å²) in [6.07, 6.45) is -0.657. The van der Waals surface area contributed by atoms with Crippen molar-refractivity contribution in [2.24, 2.45) is 11.5 Å². The van der Waals surface area contributed by atoms with E-state index in [1.165, 1.54) is 0 Å². The highest BCUT2D eigenvalue weighted by atomic mass is 16.5. The van der Waals surface area contributed by atoms with Crippen molar-refractivity contribution in [3.05, 3.63) is 35.9 Å². The van der Waals surface area contributed by atoms with Gasteiger partial charge in [0.2, 0.25) is 17.7 Å². The van der Waals surface area contributed by atoms with Crippen LogP contribution in [-0.2, 0) is 19.1 Å². The standard InChI is InChI=1S/C15H20N4O4/c16-10(6-12(17)20)15(22)18-7-11-14(19-13(21)8-23-11)9-4-2-1-3-5-9/h1-5,10-11,14H,6-8,16H2,(H2,17,20)(H,18,22)(H,19,21)/t10?,11-,14+/m0/s1. The van der Waals surface area contributed by atoms with Crippen LogP contribution in [0.15, 0.2) is 30.3 Å². The molecular weight excluding hydrogens is 300 g/mol. The van der Waals surface area contributed by atoms with Crippen molar-refractivity contribution in [3.8, 4) is 0 Å². The molecule has 0 saturated carbocycles. The summed E-state index contributed by atoms with van der Waals surface area (Å²) in [7, 11) is 0. The van der Waals surface area contributed by atoms with E-state index >= 15 is 0 Å². The molecule has 1 fully saturated rings. The molecule has 8 nitrogen and oxygen atoms in total. The minimum absolute atomic E-state index is 0.0722. The topological polar surface area (TPSA) is 137 Å². The molecule has 23 heavy (non-hydrogen) atoms. The zero-order valence-corrected chi connectivity index (χ0v) is 12.5. The normalized spacial score (nSPS) is 22.0. The second kappa shape index (κ2) is 7.70. The lowest BCUT2D eigenvalue weighted by Gasteiger charge is -2.33. The first-order chi connectivity index (χ1) is 11.0. The summed E-state index contributed by atoms with van der Waals surface area (Å²) in [4.78, 5) is 34.2. The van der Waals surface area contributed by atoms with Crippen LogP contribution < -0.4 is 22.1 Å². The Morgan fingerprint density at radius 3 is 2.70 bits per heavy atom. The summed E-state index contributed by atoms with van der Waals surface area (Å²) in [6, 6.07) is 7.95. The number of ether oxygens (including phenoxy) is 1. The fraction of sp³-hybridized carbons (Fsp3) is 0.400. The molecule has 1 unspecified atom stereocenters. The third-order valence-corrected chi connectivity index (χ3v) is 3.51. The smallest absolute Gasteiger partial charge is 0.246 e. The maximum atomic E-state index is 11.8. The van der Waals surface area contributed by atoms with E-state index in [1.807, 2.05) is 30.3 Å². The lowest BCUT2D eigenvalue weighted by Crippen LogP contribution is -2.52. The predicted octanol–water partition coefficient (Wildman–Crippen LogP) is -1.44. The van der Waals surface area contributed by atoms with Crippen LogP contribution in [0, 0.1) is 0 Å². The average molecular weight is 320 g/mol. The van der Waals surface area contributed by atoms with E-state index in [1.54, 1.807) is 0 Å². The number of benzene rings is 1. The molecule has 1 heterocycles. The third-order valence-electron chi connectivity index (χ3n) is 3.51. The average Bonchev–Trinajstić information content (AvgIpc) is 2.53. The zero-order chi connectivity index (χ0) is 16.8. The molecule has 1 aliphatic rings. The molecule has 0 aromatic heterocycles. The molecule has 0 bridgehead atoms. The van der Waals surface area contributed by atoms with E-state index in [0.29, 0.717) is 0 Å². The summed E-state index contributed by atoms with van der Waals surface area (Å²) in [5.41, 5.74) is 11.5. The lowest BCUT2D eigenvalue weighted by atomic mass is 9.99. The van der Waals surface area contributed by atoms with Gasteiger partial charge in [-0.15, -0.1) is 0 Å². The van der Waals surface area contributed by atoms with Crippen molar-refractivity contribution in [1.29, 1.82) is 0 Å². The Morgan fingerprint density at radius 2 is 2.04 bits per heavy atom. The van der Waals surface area contributed by atoms with Gasteiger partial charge in [0, 0.05) is 6.54 Å². The summed E-state index contributed by atoms with van der Waals surface area (Å²) in [5.74, 6) is -1.35. The Labute approximate surface area is 133 Å². The third kappa shape index (κ3) is 4.76. The first-order valence-electron chi connectivity index (χ1n) is 7.25. The molecule has 0 spiro atoms. The number of carbonyl (C=O) groups excluding carboxylic acids is 3. The van der Waals surface area contributed by atoms with E-state index in [-0.39, 0.29) is 31.5 Å². The number of morpholine rings is 1. The highest BCUT2D eigenvalue weighted by molar-refractivity contribution is 5.87. The Kier molecular flexibility index (Phi) is 5.67. The van der Waals surface area contributed by atoms with Crippen molar-refractivity contribution >= 4 is 17.7 Å². The number of primary amides is 1. The number of nitrogens with two attached hydrogens (primary N) is 2. The summed E-state index contributed by atoms with van der Waals surface area (Å²) >= 11 is 0. The second-order valence-corrected chi connectivity index (χ2v) is 5.33. The highest BCUT2D eigenvalue weighted by Crippen LogP contribution is 2.21. The molecule has 1 saturated heterocycles. The fourth-order valence-electron chi connectivity index (χ4n) is 2.36. The van der Waals surface area contributed by atoms with Gasteiger partial charge < -0.3 is 26.8 Å². The van der Waals surface area contributed by atoms with E-state index in [4.69, 9.17) is 16.2 Å². The molecule has 0 radical (unpaired) electrons. The maximum Gasteiger partial charge on any atom is 0.246 e. The van der Waals surface area contributed by atoms with Gasteiger partial charge in [-0.1, -0.05) is 30.3 Å². The minimum atomic E-state index is -0.999. The maximum absolute atomic E-state index is 11.8. The van der Waals surface area contributed by atoms with Crippen LogP contribution in [0.3, 0.4) is 0 Å². The summed E-state index contributed by atoms with van der Waals surface area (Å²) < 4.78 is 5.51. The van der Waals surface area contributed by atoms with Crippen molar-refractivity contribution < 1.29 is 19.1 Å². The van der Waals surface area contributed by atoms with Crippen LogP contribution in [-0.4, -0.2) is 43.0 Å². The molecule has 3 atom stereocenters. The SMILES string of the molecule is NC(=O)CC(N)C(=O)NC[C@@H]1OCC(=O)N[C@@H]1c1ccccc1. The molecule has 124 valence electrons. The number of nitrogens with one attached hydrogen (secondary N) is 2. The van der Waals surface area contributed by atoms with Crippen molar-refractivity contribution in [3.63, 3.8) is 0 Å². The molecule has 1 aromatic carbocycles. The highest BCUT2D eigenvalue weighted by Gasteiger charge is 2.31. The van der Waals surface area contributed by atoms with Gasteiger partial charge in [0.25, 0.3) is 0 Å². The Hall–Kier alpha value is -2.45. The van der Waals surface area contributed by atoms with E-state index in [9.17, 15) is 14.4 Å². The second-order valence-electron chi connectivity index (χ2n) is 5.33. The van der Waals surface area contributed by atoms with Gasteiger partial charge in [-0.25, -0.2) is 0 Å². The first-order valence-corrected chi connectivity index (χ1v) is 7.25. The monoisotopic (exact) mass is 320 g/mol. The van der Waals surface area contributed by atoms with Gasteiger partial charge >= 0.3 is 0 Å². The van der Waals surface area contributed by atoms with Crippen LogP contribution in [0.25, 0.3) is 0 Å². The fourth-order valence-corrected chi connectivity index (χ4v) is 2.36. The van der Waals surface area contributed by atoms with Crippen molar-refractivity contribution in [1.82, 2.24) is 10.6 Å². The lowest BCUT2D eigenvalue weighted by molar-refractivity contribution is -0.137. The zero-order valence-electron chi connectivity index (χ0n) is 12.5. The van der Waals surface area contributed by atoms with Crippen molar-refractivity contribution in [2.45, 2.75) is 24.6 Å². The number of hydrogen-bond donors (Lipinski definition) is 4. The Morgan fingerprint density at radius 1 is 1.35 bits per heavy atom. The quantitative estimate of drug-likeness (QED) is 0.509. The van der Waals surface area contributed by atoms with Gasteiger partial charge in [-0.3, -0.25) is 14.4 Å².